The van der Waals surface area contributed by atoms with Gasteiger partial charge in [0.25, 0.3) is 5.91 Å². The Bertz CT molecular complexity index is 557. The lowest BCUT2D eigenvalue weighted by Gasteiger charge is -2.33. The minimum Gasteiger partial charge on any atom is -0.504 e. The van der Waals surface area contributed by atoms with E-state index < -0.39 is 5.97 Å². The van der Waals surface area contributed by atoms with Crippen LogP contribution in [0.15, 0.2) is 18.2 Å². The van der Waals surface area contributed by atoms with Crippen molar-refractivity contribution in [1.82, 2.24) is 4.90 Å². The topological polar surface area (TPSA) is 76.1 Å². The Hall–Kier alpha value is -2.24. The molecule has 1 aromatic carbocycles. The summed E-state index contributed by atoms with van der Waals surface area (Å²) in [6.45, 7) is 2.37. The number of methoxy groups -OCH3 is 1. The molecule has 0 aliphatic carbocycles. The van der Waals surface area contributed by atoms with Crippen LogP contribution in [0.5, 0.6) is 11.5 Å². The number of para-hydroxylation sites is 1. The highest BCUT2D eigenvalue weighted by Crippen LogP contribution is 2.29. The molecule has 0 radical (unpaired) electrons. The van der Waals surface area contributed by atoms with E-state index in [1.807, 2.05) is 6.92 Å². The smallest absolute Gasteiger partial charge is 0.342 e. The number of phenols is 1. The fourth-order valence-electron chi connectivity index (χ4n) is 2.61. The van der Waals surface area contributed by atoms with Crippen LogP contribution in [0, 0.1) is 0 Å². The number of amides is 1. The average Bonchev–Trinajstić information content (AvgIpc) is 2.53. The number of hydrogen-bond donors (Lipinski definition) is 1. The van der Waals surface area contributed by atoms with E-state index in [0.717, 1.165) is 19.3 Å². The minimum absolute atomic E-state index is 0.0150. The monoisotopic (exact) mass is 307 g/mol. The number of benzene rings is 1. The van der Waals surface area contributed by atoms with E-state index in [1.165, 1.54) is 19.2 Å². The summed E-state index contributed by atoms with van der Waals surface area (Å²) in [4.78, 5) is 25.8. The van der Waals surface area contributed by atoms with Crippen LogP contribution in [-0.4, -0.2) is 48.2 Å². The van der Waals surface area contributed by atoms with Crippen LogP contribution in [0.1, 0.15) is 36.5 Å². The van der Waals surface area contributed by atoms with Crippen molar-refractivity contribution in [2.24, 2.45) is 0 Å². The first-order valence-electron chi connectivity index (χ1n) is 7.37. The maximum Gasteiger partial charge on any atom is 0.342 e. The quantitative estimate of drug-likeness (QED) is 0.861. The summed E-state index contributed by atoms with van der Waals surface area (Å²) in [5.41, 5.74) is -0.0150. The van der Waals surface area contributed by atoms with Crippen LogP contribution >= 0.6 is 0 Å². The lowest BCUT2D eigenvalue weighted by atomic mass is 10.0. The normalized spacial score (nSPS) is 17.9. The zero-order chi connectivity index (χ0) is 16.1. The lowest BCUT2D eigenvalue weighted by Crippen LogP contribution is -2.44. The number of ether oxygens (including phenoxy) is 2. The van der Waals surface area contributed by atoms with Crippen LogP contribution in [0.4, 0.5) is 0 Å². The van der Waals surface area contributed by atoms with Gasteiger partial charge in [-0.2, -0.15) is 0 Å². The molecule has 1 saturated heterocycles. The number of esters is 1. The molecular formula is C16H21NO5. The summed E-state index contributed by atoms with van der Waals surface area (Å²) in [7, 11) is 1.39. The van der Waals surface area contributed by atoms with E-state index in [2.05, 4.69) is 0 Å². The Labute approximate surface area is 129 Å². The molecule has 0 bridgehead atoms. The third-order valence-corrected chi connectivity index (χ3v) is 3.89. The number of piperidine rings is 1. The van der Waals surface area contributed by atoms with Gasteiger partial charge in [0.1, 0.15) is 5.56 Å². The van der Waals surface area contributed by atoms with Crippen LogP contribution < -0.4 is 4.74 Å². The van der Waals surface area contributed by atoms with Gasteiger partial charge in [0.2, 0.25) is 0 Å². The number of aromatic hydroxyl groups is 1. The molecule has 6 nitrogen and oxygen atoms in total. The highest BCUT2D eigenvalue weighted by Gasteiger charge is 2.24. The van der Waals surface area contributed by atoms with Crippen molar-refractivity contribution >= 4 is 11.9 Å². The number of nitrogens with zero attached hydrogens (tertiary/aromatic N) is 1. The molecule has 6 heteroatoms. The molecule has 1 unspecified atom stereocenters. The summed E-state index contributed by atoms with van der Waals surface area (Å²) in [5, 5.41) is 9.89. The SMILES string of the molecule is COc1cccc(C(=O)OCC(=O)N2CCCCC2C)c1O. The molecule has 1 heterocycles. The van der Waals surface area contributed by atoms with Crippen LogP contribution in [0.2, 0.25) is 0 Å². The molecule has 22 heavy (non-hydrogen) atoms. The maximum absolute atomic E-state index is 12.1. The van der Waals surface area contributed by atoms with Crippen molar-refractivity contribution in [3.63, 3.8) is 0 Å². The fraction of sp³-hybridized carbons (Fsp3) is 0.500. The molecule has 1 atom stereocenters. The first-order chi connectivity index (χ1) is 10.5. The minimum atomic E-state index is -0.741. The first kappa shape index (κ1) is 16.1. The molecule has 1 aromatic rings. The Morgan fingerprint density at radius 2 is 2.14 bits per heavy atom. The lowest BCUT2D eigenvalue weighted by molar-refractivity contribution is -0.137. The zero-order valence-electron chi connectivity index (χ0n) is 12.9. The number of phenolic OH excluding ortho intramolecular Hbond substituents is 1. The molecule has 1 amide bonds. The standard InChI is InChI=1S/C16H21NO5/c1-11-6-3-4-9-17(11)14(18)10-22-16(20)12-7-5-8-13(21-2)15(12)19/h5,7-8,11,19H,3-4,6,9-10H2,1-2H3. The average molecular weight is 307 g/mol. The molecule has 2 rings (SSSR count). The van der Waals surface area contributed by atoms with E-state index in [4.69, 9.17) is 9.47 Å². The van der Waals surface area contributed by atoms with E-state index >= 15 is 0 Å². The van der Waals surface area contributed by atoms with Gasteiger partial charge in [-0.3, -0.25) is 4.79 Å². The molecule has 1 aliphatic rings. The number of carbonyl (C=O) groups excluding carboxylic acids is 2. The molecule has 0 aromatic heterocycles. The van der Waals surface area contributed by atoms with E-state index in [9.17, 15) is 14.7 Å². The second kappa shape index (κ2) is 7.15. The van der Waals surface area contributed by atoms with Crippen molar-refractivity contribution in [2.75, 3.05) is 20.3 Å². The summed E-state index contributed by atoms with van der Waals surface area (Å²) < 4.78 is 9.96. The van der Waals surface area contributed by atoms with Gasteiger partial charge in [0.15, 0.2) is 18.1 Å². The molecule has 0 spiro atoms. The predicted octanol–water partition coefficient (Wildman–Crippen LogP) is 1.96. The van der Waals surface area contributed by atoms with Gasteiger partial charge in [-0.15, -0.1) is 0 Å². The van der Waals surface area contributed by atoms with Gasteiger partial charge >= 0.3 is 5.97 Å². The summed E-state index contributed by atoms with van der Waals surface area (Å²) in [5.74, 6) is -1.04. The Balaban J connectivity index is 1.96. The Morgan fingerprint density at radius 1 is 1.36 bits per heavy atom. The number of rotatable bonds is 4. The fourth-order valence-corrected chi connectivity index (χ4v) is 2.61. The van der Waals surface area contributed by atoms with E-state index in [-0.39, 0.29) is 35.6 Å². The first-order valence-corrected chi connectivity index (χ1v) is 7.37. The van der Waals surface area contributed by atoms with Crippen LogP contribution in [0.3, 0.4) is 0 Å². The number of likely N-dealkylation sites (tertiary alicyclic amines) is 1. The molecule has 0 saturated carbocycles. The van der Waals surface area contributed by atoms with Crippen molar-refractivity contribution < 1.29 is 24.2 Å². The highest BCUT2D eigenvalue weighted by molar-refractivity contribution is 5.94. The second-order valence-corrected chi connectivity index (χ2v) is 5.36. The van der Waals surface area contributed by atoms with Gasteiger partial charge in [0.05, 0.1) is 7.11 Å². The second-order valence-electron chi connectivity index (χ2n) is 5.36. The summed E-state index contributed by atoms with van der Waals surface area (Å²) in [6, 6.07) is 4.70. The van der Waals surface area contributed by atoms with Gasteiger partial charge in [-0.1, -0.05) is 6.07 Å². The van der Waals surface area contributed by atoms with Crippen molar-refractivity contribution in [3.8, 4) is 11.5 Å². The molecule has 1 N–H and O–H groups in total. The zero-order valence-corrected chi connectivity index (χ0v) is 12.9. The van der Waals surface area contributed by atoms with Gasteiger partial charge in [-0.25, -0.2) is 4.79 Å². The third kappa shape index (κ3) is 3.50. The van der Waals surface area contributed by atoms with Crippen LogP contribution in [-0.2, 0) is 9.53 Å². The van der Waals surface area contributed by atoms with E-state index in [1.54, 1.807) is 11.0 Å². The Morgan fingerprint density at radius 3 is 2.82 bits per heavy atom. The van der Waals surface area contributed by atoms with Gasteiger partial charge in [-0.05, 0) is 38.3 Å². The largest absolute Gasteiger partial charge is 0.504 e. The highest BCUT2D eigenvalue weighted by atomic mass is 16.5. The van der Waals surface area contributed by atoms with Crippen molar-refractivity contribution in [1.29, 1.82) is 0 Å². The van der Waals surface area contributed by atoms with Gasteiger partial charge in [0, 0.05) is 12.6 Å². The Kier molecular flexibility index (Phi) is 5.25. The maximum atomic E-state index is 12.1. The van der Waals surface area contributed by atoms with Crippen molar-refractivity contribution in [3.05, 3.63) is 23.8 Å². The van der Waals surface area contributed by atoms with Gasteiger partial charge < -0.3 is 19.5 Å². The van der Waals surface area contributed by atoms with Crippen molar-refractivity contribution in [2.45, 2.75) is 32.2 Å². The van der Waals surface area contributed by atoms with E-state index in [0.29, 0.717) is 6.54 Å². The number of carbonyl (C=O) groups is 2. The molecule has 1 fully saturated rings. The van der Waals surface area contributed by atoms with Crippen LogP contribution in [0.25, 0.3) is 0 Å². The molecular weight excluding hydrogens is 286 g/mol. The molecule has 120 valence electrons. The number of hydrogen-bond acceptors (Lipinski definition) is 5. The predicted molar refractivity (Wildman–Crippen MR) is 80.0 cm³/mol. The summed E-state index contributed by atoms with van der Waals surface area (Å²) in [6.07, 6.45) is 3.06. The third-order valence-electron chi connectivity index (χ3n) is 3.89. The molecule has 1 aliphatic heterocycles. The summed E-state index contributed by atoms with van der Waals surface area (Å²) >= 11 is 0.